The Morgan fingerprint density at radius 1 is 1.16 bits per heavy atom. The second kappa shape index (κ2) is 5.96. The highest BCUT2D eigenvalue weighted by molar-refractivity contribution is 5.38. The highest BCUT2D eigenvalue weighted by Gasteiger charge is 2.29. The standard InChI is InChI=1S/C17H27NO/c1-11-7-12(2)9-15(8-11)17(18)14-6-5-13(3)16(10-14)19-4/h5-6,10-12,15,17H,7-9,18H2,1-4H3. The average Bonchev–Trinajstić information content (AvgIpc) is 2.37. The summed E-state index contributed by atoms with van der Waals surface area (Å²) in [6.07, 6.45) is 3.85. The van der Waals surface area contributed by atoms with E-state index < -0.39 is 0 Å². The number of rotatable bonds is 3. The van der Waals surface area contributed by atoms with Crippen molar-refractivity contribution in [3.8, 4) is 5.75 Å². The first-order valence-electron chi connectivity index (χ1n) is 7.41. The molecular formula is C17H27NO. The summed E-state index contributed by atoms with van der Waals surface area (Å²) in [5, 5.41) is 0. The van der Waals surface area contributed by atoms with Crippen LogP contribution in [0.2, 0.25) is 0 Å². The van der Waals surface area contributed by atoms with Crippen LogP contribution >= 0.6 is 0 Å². The Bertz CT molecular complexity index is 419. The Morgan fingerprint density at radius 2 is 1.79 bits per heavy atom. The van der Waals surface area contributed by atoms with Gasteiger partial charge in [0.1, 0.15) is 5.75 Å². The van der Waals surface area contributed by atoms with Gasteiger partial charge >= 0.3 is 0 Å². The molecule has 106 valence electrons. The lowest BCUT2D eigenvalue weighted by Gasteiger charge is -2.35. The molecule has 19 heavy (non-hydrogen) atoms. The van der Waals surface area contributed by atoms with Crippen LogP contribution in [0.25, 0.3) is 0 Å². The fourth-order valence-electron chi connectivity index (χ4n) is 3.62. The summed E-state index contributed by atoms with van der Waals surface area (Å²) in [6, 6.07) is 6.53. The third kappa shape index (κ3) is 3.30. The number of aryl methyl sites for hydroxylation is 1. The van der Waals surface area contributed by atoms with Crippen molar-refractivity contribution >= 4 is 0 Å². The lowest BCUT2D eigenvalue weighted by atomic mass is 9.72. The maximum Gasteiger partial charge on any atom is 0.122 e. The molecular weight excluding hydrogens is 234 g/mol. The number of methoxy groups -OCH3 is 1. The molecule has 0 spiro atoms. The normalized spacial score (nSPS) is 29.0. The molecule has 2 rings (SSSR count). The van der Waals surface area contributed by atoms with Gasteiger partial charge in [-0.15, -0.1) is 0 Å². The van der Waals surface area contributed by atoms with Gasteiger partial charge in [0, 0.05) is 6.04 Å². The molecule has 0 saturated heterocycles. The fourth-order valence-corrected chi connectivity index (χ4v) is 3.62. The summed E-state index contributed by atoms with van der Waals surface area (Å²) in [5.74, 6) is 3.15. The molecule has 2 heteroatoms. The largest absolute Gasteiger partial charge is 0.496 e. The van der Waals surface area contributed by atoms with E-state index in [0.717, 1.165) is 17.6 Å². The Labute approximate surface area is 117 Å². The Balaban J connectivity index is 2.16. The Morgan fingerprint density at radius 3 is 2.37 bits per heavy atom. The minimum Gasteiger partial charge on any atom is -0.496 e. The molecule has 1 aromatic rings. The average molecular weight is 261 g/mol. The first-order valence-corrected chi connectivity index (χ1v) is 7.41. The summed E-state index contributed by atoms with van der Waals surface area (Å²) in [7, 11) is 1.72. The molecule has 1 aromatic carbocycles. The number of ether oxygens (including phenoxy) is 1. The molecule has 3 atom stereocenters. The number of benzene rings is 1. The van der Waals surface area contributed by atoms with E-state index in [0.29, 0.717) is 5.92 Å². The topological polar surface area (TPSA) is 35.2 Å². The third-order valence-electron chi connectivity index (χ3n) is 4.54. The number of hydrogen-bond acceptors (Lipinski definition) is 2. The zero-order valence-electron chi connectivity index (χ0n) is 12.6. The highest BCUT2D eigenvalue weighted by atomic mass is 16.5. The van der Waals surface area contributed by atoms with Crippen molar-refractivity contribution in [2.24, 2.45) is 23.5 Å². The molecule has 0 heterocycles. The second-order valence-corrected chi connectivity index (χ2v) is 6.43. The molecule has 2 N–H and O–H groups in total. The van der Waals surface area contributed by atoms with E-state index in [4.69, 9.17) is 10.5 Å². The number of hydrogen-bond donors (Lipinski definition) is 1. The van der Waals surface area contributed by atoms with Crippen LogP contribution in [0.3, 0.4) is 0 Å². The zero-order valence-corrected chi connectivity index (χ0v) is 12.6. The van der Waals surface area contributed by atoms with Crippen molar-refractivity contribution in [1.29, 1.82) is 0 Å². The van der Waals surface area contributed by atoms with Gasteiger partial charge in [0.2, 0.25) is 0 Å². The quantitative estimate of drug-likeness (QED) is 0.890. The second-order valence-electron chi connectivity index (χ2n) is 6.43. The number of nitrogens with two attached hydrogens (primary N) is 1. The molecule has 1 aliphatic carbocycles. The van der Waals surface area contributed by atoms with Gasteiger partial charge in [-0.2, -0.15) is 0 Å². The highest BCUT2D eigenvalue weighted by Crippen LogP contribution is 2.39. The minimum absolute atomic E-state index is 0.139. The van der Waals surface area contributed by atoms with Crippen molar-refractivity contribution in [2.75, 3.05) is 7.11 Å². The predicted molar refractivity (Wildman–Crippen MR) is 80.3 cm³/mol. The van der Waals surface area contributed by atoms with Crippen LogP contribution in [0.4, 0.5) is 0 Å². The molecule has 0 amide bonds. The zero-order chi connectivity index (χ0) is 14.0. The SMILES string of the molecule is COc1cc(C(N)C2CC(C)CC(C)C2)ccc1C. The van der Waals surface area contributed by atoms with E-state index >= 15 is 0 Å². The Kier molecular flexibility index (Phi) is 4.51. The van der Waals surface area contributed by atoms with Crippen LogP contribution in [0.1, 0.15) is 50.3 Å². The molecule has 2 nitrogen and oxygen atoms in total. The van der Waals surface area contributed by atoms with Crippen molar-refractivity contribution < 1.29 is 4.74 Å². The van der Waals surface area contributed by atoms with Gasteiger partial charge in [-0.25, -0.2) is 0 Å². The van der Waals surface area contributed by atoms with Crippen LogP contribution in [-0.4, -0.2) is 7.11 Å². The van der Waals surface area contributed by atoms with Gasteiger partial charge in [-0.3, -0.25) is 0 Å². The molecule has 0 aliphatic heterocycles. The first-order chi connectivity index (χ1) is 9.01. The summed E-state index contributed by atoms with van der Waals surface area (Å²) < 4.78 is 5.41. The van der Waals surface area contributed by atoms with Crippen molar-refractivity contribution in [1.82, 2.24) is 0 Å². The lowest BCUT2D eigenvalue weighted by molar-refractivity contribution is 0.193. The van der Waals surface area contributed by atoms with Crippen LogP contribution in [-0.2, 0) is 0 Å². The van der Waals surface area contributed by atoms with Gasteiger partial charge in [0.05, 0.1) is 7.11 Å². The first kappa shape index (κ1) is 14.4. The van der Waals surface area contributed by atoms with Crippen molar-refractivity contribution in [3.63, 3.8) is 0 Å². The molecule has 1 aliphatic rings. The molecule has 0 aromatic heterocycles. The van der Waals surface area contributed by atoms with E-state index in [2.05, 4.69) is 39.0 Å². The fraction of sp³-hybridized carbons (Fsp3) is 0.647. The van der Waals surface area contributed by atoms with E-state index in [1.54, 1.807) is 7.11 Å². The molecule has 0 bridgehead atoms. The Hall–Kier alpha value is -1.02. The monoisotopic (exact) mass is 261 g/mol. The van der Waals surface area contributed by atoms with E-state index in [9.17, 15) is 0 Å². The van der Waals surface area contributed by atoms with E-state index in [-0.39, 0.29) is 6.04 Å². The van der Waals surface area contributed by atoms with Gasteiger partial charge in [0.25, 0.3) is 0 Å². The maximum atomic E-state index is 6.51. The van der Waals surface area contributed by atoms with Crippen LogP contribution in [0.15, 0.2) is 18.2 Å². The third-order valence-corrected chi connectivity index (χ3v) is 4.54. The van der Waals surface area contributed by atoms with Gasteiger partial charge in [-0.1, -0.05) is 26.0 Å². The molecule has 0 radical (unpaired) electrons. The predicted octanol–water partition coefficient (Wildman–Crippen LogP) is 4.08. The summed E-state index contributed by atoms with van der Waals surface area (Å²) in [6.45, 7) is 6.77. The lowest BCUT2D eigenvalue weighted by Crippen LogP contribution is -2.29. The smallest absolute Gasteiger partial charge is 0.122 e. The van der Waals surface area contributed by atoms with Crippen LogP contribution in [0, 0.1) is 24.7 Å². The van der Waals surface area contributed by atoms with Crippen LogP contribution in [0.5, 0.6) is 5.75 Å². The van der Waals surface area contributed by atoms with Gasteiger partial charge in [-0.05, 0) is 61.1 Å². The van der Waals surface area contributed by atoms with E-state index in [1.807, 2.05) is 0 Å². The summed E-state index contributed by atoms with van der Waals surface area (Å²) >= 11 is 0. The summed E-state index contributed by atoms with van der Waals surface area (Å²) in [5.41, 5.74) is 8.90. The maximum absolute atomic E-state index is 6.51. The van der Waals surface area contributed by atoms with Crippen LogP contribution < -0.4 is 10.5 Å². The van der Waals surface area contributed by atoms with Crippen molar-refractivity contribution in [3.05, 3.63) is 29.3 Å². The minimum atomic E-state index is 0.139. The molecule has 1 saturated carbocycles. The van der Waals surface area contributed by atoms with Gasteiger partial charge < -0.3 is 10.5 Å². The molecule has 1 fully saturated rings. The summed E-state index contributed by atoms with van der Waals surface area (Å²) in [4.78, 5) is 0. The van der Waals surface area contributed by atoms with Crippen molar-refractivity contribution in [2.45, 2.75) is 46.1 Å². The molecule has 3 unspecified atom stereocenters. The van der Waals surface area contributed by atoms with E-state index in [1.165, 1.54) is 30.4 Å². The van der Waals surface area contributed by atoms with Gasteiger partial charge in [0.15, 0.2) is 0 Å².